The molecule has 418 valence electrons. The lowest BCUT2D eigenvalue weighted by molar-refractivity contribution is -0.166. The first-order valence-corrected chi connectivity index (χ1v) is 30.7. The van der Waals surface area contributed by atoms with Crippen LogP contribution in [0.15, 0.2) is 97.2 Å². The molecule has 0 spiro atoms. The van der Waals surface area contributed by atoms with Gasteiger partial charge in [-0.3, -0.25) is 14.4 Å². The second kappa shape index (κ2) is 60.9. The van der Waals surface area contributed by atoms with Gasteiger partial charge in [0.2, 0.25) is 0 Å². The minimum atomic E-state index is -0.832. The average molecular weight is 1020 g/mol. The Hall–Kier alpha value is -3.67. The van der Waals surface area contributed by atoms with Crippen molar-refractivity contribution in [3.05, 3.63) is 97.2 Å². The standard InChI is InChI=1S/C67H114O6/c1-4-7-10-13-16-19-22-25-27-28-29-30-31-32-33-34-35-36-37-38-40-42-45-48-51-54-57-60-66(69)72-63-64(62-71-65(68)59-56-53-50-47-44-41-24-21-18-15-12-9-6-3)73-67(70)61-58-55-52-49-46-43-39-26-23-20-17-14-11-8-5-2/h8,11,17,20,22,25-26,28-29,31-32,39,46,49,55,58,64H,4-7,9-10,12-16,18-19,21,23-24,27,30,33-38,40-45,47-48,50-54,56-57,59-63H2,1-3H3/b11-8-,20-17-,25-22-,29-28-,32-31-,39-26-,49-46-,58-55-. The molecule has 0 N–H and O–H groups in total. The number of rotatable bonds is 55. The molecule has 73 heavy (non-hydrogen) atoms. The number of carbonyl (C=O) groups excluding carboxylic acids is 3. The predicted octanol–water partition coefficient (Wildman–Crippen LogP) is 20.9. The highest BCUT2D eigenvalue weighted by Crippen LogP contribution is 2.16. The summed E-state index contributed by atoms with van der Waals surface area (Å²) in [4.78, 5) is 38.1. The number of ether oxygens (including phenoxy) is 3. The van der Waals surface area contributed by atoms with Crippen LogP contribution < -0.4 is 0 Å². The zero-order chi connectivity index (χ0) is 52.9. The van der Waals surface area contributed by atoms with Gasteiger partial charge in [0.25, 0.3) is 0 Å². The molecular weight excluding hydrogens is 901 g/mol. The van der Waals surface area contributed by atoms with Crippen LogP contribution in [-0.4, -0.2) is 37.2 Å². The molecule has 0 aliphatic rings. The number of unbranched alkanes of at least 4 members (excludes halogenated alkanes) is 29. The topological polar surface area (TPSA) is 78.9 Å². The van der Waals surface area contributed by atoms with E-state index in [4.69, 9.17) is 14.2 Å². The largest absolute Gasteiger partial charge is 0.462 e. The Bertz CT molecular complexity index is 1440. The molecule has 0 aromatic carbocycles. The van der Waals surface area contributed by atoms with E-state index in [1.165, 1.54) is 167 Å². The van der Waals surface area contributed by atoms with Gasteiger partial charge in [0.1, 0.15) is 13.2 Å². The van der Waals surface area contributed by atoms with Gasteiger partial charge in [0, 0.05) is 12.8 Å². The van der Waals surface area contributed by atoms with Gasteiger partial charge in [-0.1, -0.05) is 285 Å². The second-order valence-corrected chi connectivity index (χ2v) is 20.3. The maximum absolute atomic E-state index is 12.8. The lowest BCUT2D eigenvalue weighted by Gasteiger charge is -2.18. The fourth-order valence-corrected chi connectivity index (χ4v) is 8.53. The van der Waals surface area contributed by atoms with Crippen LogP contribution in [-0.2, 0) is 28.6 Å². The van der Waals surface area contributed by atoms with Gasteiger partial charge in [0.05, 0.1) is 6.42 Å². The number of hydrogen-bond acceptors (Lipinski definition) is 6. The first kappa shape index (κ1) is 69.3. The van der Waals surface area contributed by atoms with Crippen LogP contribution >= 0.6 is 0 Å². The molecule has 0 aliphatic carbocycles. The molecule has 0 rings (SSSR count). The second-order valence-electron chi connectivity index (χ2n) is 20.3. The van der Waals surface area contributed by atoms with E-state index in [1.54, 1.807) is 6.08 Å². The summed E-state index contributed by atoms with van der Waals surface area (Å²) in [6.45, 7) is 6.44. The highest BCUT2D eigenvalue weighted by atomic mass is 16.6. The van der Waals surface area contributed by atoms with Crippen LogP contribution in [0.5, 0.6) is 0 Å². The summed E-state index contributed by atoms with van der Waals surface area (Å²) in [5.41, 5.74) is 0. The van der Waals surface area contributed by atoms with Crippen molar-refractivity contribution in [2.75, 3.05) is 13.2 Å². The quantitative estimate of drug-likeness (QED) is 0.0261. The van der Waals surface area contributed by atoms with Gasteiger partial charge in [-0.15, -0.1) is 0 Å². The van der Waals surface area contributed by atoms with E-state index in [2.05, 4.69) is 106 Å². The molecular formula is C67H114O6. The molecule has 6 nitrogen and oxygen atoms in total. The summed E-state index contributed by atoms with van der Waals surface area (Å²) >= 11 is 0. The highest BCUT2D eigenvalue weighted by Gasteiger charge is 2.19. The van der Waals surface area contributed by atoms with Crippen LogP contribution in [0.4, 0.5) is 0 Å². The molecule has 0 bridgehead atoms. The molecule has 1 unspecified atom stereocenters. The third-order valence-corrected chi connectivity index (χ3v) is 13.1. The molecule has 0 heterocycles. The van der Waals surface area contributed by atoms with Gasteiger partial charge in [-0.2, -0.15) is 0 Å². The Morgan fingerprint density at radius 3 is 0.904 bits per heavy atom. The number of allylic oxidation sites excluding steroid dienone is 15. The van der Waals surface area contributed by atoms with E-state index in [9.17, 15) is 14.4 Å². The SMILES string of the molecule is CC/C=C\C/C=C\C/C=C\C/C=C\C/C=C\CC(=O)OC(COC(=O)CCCCCCCCCCCCCCC)COC(=O)CCCCCCCCCCCCCC/C=C\C/C=C\C/C=C\CCCCCCC. The van der Waals surface area contributed by atoms with Crippen molar-refractivity contribution < 1.29 is 28.6 Å². The van der Waals surface area contributed by atoms with E-state index in [1.807, 2.05) is 6.08 Å². The smallest absolute Gasteiger partial charge is 0.310 e. The van der Waals surface area contributed by atoms with Crippen LogP contribution in [0.3, 0.4) is 0 Å². The summed E-state index contributed by atoms with van der Waals surface area (Å²) in [6.07, 6.45) is 81.5. The van der Waals surface area contributed by atoms with Crippen molar-refractivity contribution in [3.63, 3.8) is 0 Å². The van der Waals surface area contributed by atoms with Crippen molar-refractivity contribution in [1.29, 1.82) is 0 Å². The lowest BCUT2D eigenvalue weighted by Crippen LogP contribution is -2.30. The monoisotopic (exact) mass is 1010 g/mol. The molecule has 0 aliphatic heterocycles. The lowest BCUT2D eigenvalue weighted by atomic mass is 10.0. The molecule has 0 aromatic heterocycles. The molecule has 0 saturated heterocycles. The zero-order valence-electron chi connectivity index (χ0n) is 47.9. The molecule has 1 atom stereocenters. The average Bonchev–Trinajstić information content (AvgIpc) is 3.39. The molecule has 0 amide bonds. The minimum Gasteiger partial charge on any atom is -0.462 e. The van der Waals surface area contributed by atoms with Crippen LogP contribution in [0, 0.1) is 0 Å². The maximum Gasteiger partial charge on any atom is 0.310 e. The third kappa shape index (κ3) is 59.1. The van der Waals surface area contributed by atoms with E-state index in [-0.39, 0.29) is 31.6 Å². The zero-order valence-corrected chi connectivity index (χ0v) is 47.9. The summed E-state index contributed by atoms with van der Waals surface area (Å²) in [5.74, 6) is -1.04. The number of carbonyl (C=O) groups is 3. The molecule has 0 fully saturated rings. The van der Waals surface area contributed by atoms with E-state index in [0.29, 0.717) is 12.8 Å². The van der Waals surface area contributed by atoms with Crippen molar-refractivity contribution in [2.24, 2.45) is 0 Å². The van der Waals surface area contributed by atoms with Crippen molar-refractivity contribution in [3.8, 4) is 0 Å². The van der Waals surface area contributed by atoms with E-state index in [0.717, 1.165) is 83.5 Å². The molecule has 0 saturated carbocycles. The van der Waals surface area contributed by atoms with Gasteiger partial charge < -0.3 is 14.2 Å². The first-order valence-electron chi connectivity index (χ1n) is 30.7. The molecule has 0 aromatic rings. The number of hydrogen-bond donors (Lipinski definition) is 0. The van der Waals surface area contributed by atoms with E-state index >= 15 is 0 Å². The van der Waals surface area contributed by atoms with Crippen LogP contribution in [0.25, 0.3) is 0 Å². The van der Waals surface area contributed by atoms with Crippen molar-refractivity contribution in [2.45, 2.75) is 297 Å². The molecule has 6 heteroatoms. The summed E-state index contributed by atoms with van der Waals surface area (Å²) < 4.78 is 16.8. The minimum absolute atomic E-state index is 0.0969. The summed E-state index contributed by atoms with van der Waals surface area (Å²) in [5, 5.41) is 0. The Morgan fingerprint density at radius 2 is 0.575 bits per heavy atom. The van der Waals surface area contributed by atoms with Gasteiger partial charge >= 0.3 is 17.9 Å². The van der Waals surface area contributed by atoms with Crippen LogP contribution in [0.1, 0.15) is 290 Å². The van der Waals surface area contributed by atoms with Crippen LogP contribution in [0.2, 0.25) is 0 Å². The first-order chi connectivity index (χ1) is 36.0. The fraction of sp³-hybridized carbons (Fsp3) is 0.716. The number of esters is 3. The third-order valence-electron chi connectivity index (χ3n) is 13.1. The predicted molar refractivity (Wildman–Crippen MR) is 316 cm³/mol. The Balaban J connectivity index is 4.33. The van der Waals surface area contributed by atoms with Gasteiger partial charge in [-0.05, 0) is 83.5 Å². The summed E-state index contributed by atoms with van der Waals surface area (Å²) in [6, 6.07) is 0. The van der Waals surface area contributed by atoms with Crippen molar-refractivity contribution >= 4 is 17.9 Å². The molecule has 0 radical (unpaired) electrons. The Labute approximate surface area is 451 Å². The summed E-state index contributed by atoms with van der Waals surface area (Å²) in [7, 11) is 0. The van der Waals surface area contributed by atoms with Gasteiger partial charge in [-0.25, -0.2) is 0 Å². The van der Waals surface area contributed by atoms with Crippen molar-refractivity contribution in [1.82, 2.24) is 0 Å². The Morgan fingerprint density at radius 1 is 0.301 bits per heavy atom. The van der Waals surface area contributed by atoms with Gasteiger partial charge in [0.15, 0.2) is 6.10 Å². The normalized spacial score (nSPS) is 12.8. The highest BCUT2D eigenvalue weighted by molar-refractivity contribution is 5.72. The fourth-order valence-electron chi connectivity index (χ4n) is 8.53. The van der Waals surface area contributed by atoms with E-state index < -0.39 is 12.1 Å². The maximum atomic E-state index is 12.8. The Kier molecular flexibility index (Phi) is 57.8.